The standard InChI is InChI=1S/C12H18N2O5/c1-18-11-7-9(13-5-3-4-6-15)10(14(16)17)8-12(11)19-2/h7-8,13,15H,3-6H2,1-2H3. The Labute approximate surface area is 111 Å². The fourth-order valence-corrected chi connectivity index (χ4v) is 1.62. The molecule has 0 aliphatic rings. The van der Waals surface area contributed by atoms with Gasteiger partial charge in [0.25, 0.3) is 5.69 Å². The topological polar surface area (TPSA) is 93.9 Å². The maximum absolute atomic E-state index is 11.0. The monoisotopic (exact) mass is 270 g/mol. The van der Waals surface area contributed by atoms with Gasteiger partial charge in [0.1, 0.15) is 5.69 Å². The van der Waals surface area contributed by atoms with Crippen LogP contribution in [0.3, 0.4) is 0 Å². The summed E-state index contributed by atoms with van der Waals surface area (Å²) in [6.45, 7) is 0.645. The molecule has 0 bridgehead atoms. The second kappa shape index (κ2) is 7.42. The van der Waals surface area contributed by atoms with Crippen molar-refractivity contribution in [2.45, 2.75) is 12.8 Å². The number of unbranched alkanes of at least 4 members (excludes halogenated alkanes) is 1. The molecule has 7 heteroatoms. The van der Waals surface area contributed by atoms with E-state index < -0.39 is 4.92 Å². The first kappa shape index (κ1) is 15.0. The Morgan fingerprint density at radius 1 is 1.26 bits per heavy atom. The maximum atomic E-state index is 11.0. The van der Waals surface area contributed by atoms with Gasteiger partial charge in [0.2, 0.25) is 0 Å². The Kier molecular flexibility index (Phi) is 5.87. The lowest BCUT2D eigenvalue weighted by Gasteiger charge is -2.11. The number of nitrogens with zero attached hydrogens (tertiary/aromatic N) is 1. The van der Waals surface area contributed by atoms with E-state index in [4.69, 9.17) is 14.6 Å². The molecule has 19 heavy (non-hydrogen) atoms. The highest BCUT2D eigenvalue weighted by Crippen LogP contribution is 2.37. The van der Waals surface area contributed by atoms with E-state index in [9.17, 15) is 10.1 Å². The number of methoxy groups -OCH3 is 2. The van der Waals surface area contributed by atoms with Gasteiger partial charge in [0.15, 0.2) is 11.5 Å². The van der Waals surface area contributed by atoms with Gasteiger partial charge in [0.05, 0.1) is 25.2 Å². The first-order valence-electron chi connectivity index (χ1n) is 5.89. The number of rotatable bonds is 8. The number of nitro groups is 1. The summed E-state index contributed by atoms with van der Waals surface area (Å²) in [4.78, 5) is 10.5. The first-order valence-corrected chi connectivity index (χ1v) is 5.89. The predicted molar refractivity (Wildman–Crippen MR) is 71.0 cm³/mol. The van der Waals surface area contributed by atoms with E-state index >= 15 is 0 Å². The lowest BCUT2D eigenvalue weighted by Crippen LogP contribution is -2.06. The molecule has 0 heterocycles. The van der Waals surface area contributed by atoms with Crippen LogP contribution in [-0.4, -0.2) is 37.4 Å². The predicted octanol–water partition coefficient (Wildman–Crippen LogP) is 1.80. The first-order chi connectivity index (χ1) is 9.13. The molecule has 1 aromatic rings. The molecule has 0 aliphatic heterocycles. The maximum Gasteiger partial charge on any atom is 0.296 e. The minimum absolute atomic E-state index is 0.0679. The van der Waals surface area contributed by atoms with Crippen molar-refractivity contribution in [2.24, 2.45) is 0 Å². The van der Waals surface area contributed by atoms with Crippen molar-refractivity contribution in [2.75, 3.05) is 32.7 Å². The Balaban J connectivity index is 2.96. The van der Waals surface area contributed by atoms with Gasteiger partial charge >= 0.3 is 0 Å². The lowest BCUT2D eigenvalue weighted by atomic mass is 10.2. The normalized spacial score (nSPS) is 10.1. The highest BCUT2D eigenvalue weighted by molar-refractivity contribution is 5.68. The van der Waals surface area contributed by atoms with Gasteiger partial charge in [-0.05, 0) is 12.8 Å². The van der Waals surface area contributed by atoms with Crippen LogP contribution in [-0.2, 0) is 0 Å². The van der Waals surface area contributed by atoms with E-state index in [-0.39, 0.29) is 12.3 Å². The van der Waals surface area contributed by atoms with Crippen LogP contribution in [0.4, 0.5) is 11.4 Å². The molecule has 0 amide bonds. The number of nitrogens with one attached hydrogen (secondary N) is 1. The number of aliphatic hydroxyl groups is 1. The minimum Gasteiger partial charge on any atom is -0.493 e. The van der Waals surface area contributed by atoms with E-state index in [1.165, 1.54) is 26.4 Å². The molecule has 0 aromatic heterocycles. The van der Waals surface area contributed by atoms with Crippen LogP contribution in [0.5, 0.6) is 11.5 Å². The Morgan fingerprint density at radius 2 is 1.89 bits per heavy atom. The van der Waals surface area contributed by atoms with Crippen LogP contribution in [0.25, 0.3) is 0 Å². The summed E-state index contributed by atoms with van der Waals surface area (Å²) in [5.41, 5.74) is 0.308. The van der Waals surface area contributed by atoms with Crippen LogP contribution in [0.1, 0.15) is 12.8 Å². The smallest absolute Gasteiger partial charge is 0.296 e. The average molecular weight is 270 g/mol. The third kappa shape index (κ3) is 3.99. The molecule has 0 saturated heterocycles. The molecule has 106 valence electrons. The highest BCUT2D eigenvalue weighted by Gasteiger charge is 2.19. The van der Waals surface area contributed by atoms with Crippen molar-refractivity contribution in [3.05, 3.63) is 22.2 Å². The van der Waals surface area contributed by atoms with Crippen LogP contribution in [0.15, 0.2) is 12.1 Å². The van der Waals surface area contributed by atoms with Crippen LogP contribution in [0, 0.1) is 10.1 Å². The number of benzene rings is 1. The van der Waals surface area contributed by atoms with Gasteiger partial charge < -0.3 is 19.9 Å². The summed E-state index contributed by atoms with van der Waals surface area (Å²) in [7, 11) is 2.90. The molecule has 0 fully saturated rings. The molecule has 0 aliphatic carbocycles. The van der Waals surface area contributed by atoms with Crippen molar-refractivity contribution in [3.63, 3.8) is 0 Å². The molecule has 1 rings (SSSR count). The second-order valence-corrected chi connectivity index (χ2v) is 3.84. The van der Waals surface area contributed by atoms with Gasteiger partial charge in [-0.2, -0.15) is 0 Å². The molecule has 1 aromatic carbocycles. The van der Waals surface area contributed by atoms with Gasteiger partial charge in [-0.15, -0.1) is 0 Å². The SMILES string of the molecule is COc1cc(NCCCCO)c([N+](=O)[O-])cc1OC. The molecule has 7 nitrogen and oxygen atoms in total. The summed E-state index contributed by atoms with van der Waals surface area (Å²) < 4.78 is 10.1. The Hall–Kier alpha value is -2.02. The van der Waals surface area contributed by atoms with Gasteiger partial charge in [-0.1, -0.05) is 0 Å². The third-order valence-corrected chi connectivity index (χ3v) is 2.60. The molecular formula is C12H18N2O5. The molecule has 0 spiro atoms. The summed E-state index contributed by atoms with van der Waals surface area (Å²) in [6.07, 6.45) is 1.37. The van der Waals surface area contributed by atoms with E-state index in [1.54, 1.807) is 0 Å². The number of hydrogen-bond donors (Lipinski definition) is 2. The lowest BCUT2D eigenvalue weighted by molar-refractivity contribution is -0.384. The summed E-state index contributed by atoms with van der Waals surface area (Å²) >= 11 is 0. The third-order valence-electron chi connectivity index (χ3n) is 2.60. The molecule has 2 N–H and O–H groups in total. The summed E-state index contributed by atoms with van der Waals surface area (Å²) in [5.74, 6) is 0.743. The second-order valence-electron chi connectivity index (χ2n) is 3.84. The van der Waals surface area contributed by atoms with Crippen molar-refractivity contribution in [3.8, 4) is 11.5 Å². The molecule has 0 saturated carbocycles. The number of nitro benzene ring substituents is 1. The zero-order valence-electron chi connectivity index (χ0n) is 11.0. The van der Waals surface area contributed by atoms with Crippen LogP contribution < -0.4 is 14.8 Å². The van der Waals surface area contributed by atoms with E-state index in [0.717, 1.165) is 6.42 Å². The quantitative estimate of drug-likeness (QED) is 0.425. The Bertz CT molecular complexity index is 436. The molecule has 0 unspecified atom stereocenters. The van der Waals surface area contributed by atoms with Crippen molar-refractivity contribution >= 4 is 11.4 Å². The van der Waals surface area contributed by atoms with E-state index in [1.807, 2.05) is 0 Å². The zero-order chi connectivity index (χ0) is 14.3. The van der Waals surface area contributed by atoms with Crippen LogP contribution >= 0.6 is 0 Å². The number of aliphatic hydroxyl groups excluding tert-OH is 1. The van der Waals surface area contributed by atoms with E-state index in [2.05, 4.69) is 5.32 Å². The average Bonchev–Trinajstić information content (AvgIpc) is 2.42. The minimum atomic E-state index is -0.476. The van der Waals surface area contributed by atoms with Gasteiger partial charge in [-0.25, -0.2) is 0 Å². The van der Waals surface area contributed by atoms with Crippen molar-refractivity contribution in [1.29, 1.82) is 0 Å². The largest absolute Gasteiger partial charge is 0.493 e. The van der Waals surface area contributed by atoms with Crippen molar-refractivity contribution < 1.29 is 19.5 Å². The summed E-state index contributed by atoms with van der Waals surface area (Å²) in [5, 5.41) is 22.7. The molecule has 0 atom stereocenters. The van der Waals surface area contributed by atoms with Crippen LogP contribution in [0.2, 0.25) is 0 Å². The number of ether oxygens (including phenoxy) is 2. The number of anilines is 1. The van der Waals surface area contributed by atoms with Crippen molar-refractivity contribution in [1.82, 2.24) is 0 Å². The highest BCUT2D eigenvalue weighted by atomic mass is 16.6. The van der Waals surface area contributed by atoms with Gasteiger partial charge in [0, 0.05) is 19.2 Å². The Morgan fingerprint density at radius 3 is 2.42 bits per heavy atom. The summed E-state index contributed by atoms with van der Waals surface area (Å²) in [6, 6.07) is 2.86. The molecular weight excluding hydrogens is 252 g/mol. The van der Waals surface area contributed by atoms with Gasteiger partial charge in [-0.3, -0.25) is 10.1 Å². The number of hydrogen-bond acceptors (Lipinski definition) is 6. The zero-order valence-corrected chi connectivity index (χ0v) is 11.0. The molecule has 0 radical (unpaired) electrons. The van der Waals surface area contributed by atoms with E-state index in [0.29, 0.717) is 30.2 Å². The fraction of sp³-hybridized carbons (Fsp3) is 0.500. The fourth-order valence-electron chi connectivity index (χ4n) is 1.62.